The molecule has 8 nitrogen and oxygen atoms in total. The SMILES string of the molecule is C=C1CC[C@H](OC(=O)c2cc([N+](=O)[O-])cc([N+](=O)[O-])c2)C/C1=C\C=C1/CCC[C@]2(C)[C@@H]1CC[C@@H]2[C@H](C)/C=C/[C@H](C)C(C)C. The monoisotopic (exact) mass is 590 g/mol. The van der Waals surface area contributed by atoms with E-state index in [1.807, 2.05) is 0 Å². The number of benzene rings is 1. The fraction of sp³-hybridized carbons (Fsp3) is 0.571. The number of fused-ring (bicyclic) bond motifs is 1. The van der Waals surface area contributed by atoms with Gasteiger partial charge in [-0.15, -0.1) is 0 Å². The number of rotatable bonds is 9. The van der Waals surface area contributed by atoms with Crippen LogP contribution >= 0.6 is 0 Å². The van der Waals surface area contributed by atoms with Crippen molar-refractivity contribution in [2.24, 2.45) is 35.0 Å². The number of allylic oxidation sites excluding steroid dienone is 6. The summed E-state index contributed by atoms with van der Waals surface area (Å²) >= 11 is 0. The zero-order valence-corrected chi connectivity index (χ0v) is 26.2. The minimum Gasteiger partial charge on any atom is -0.458 e. The zero-order chi connectivity index (χ0) is 31.5. The largest absolute Gasteiger partial charge is 0.458 e. The highest BCUT2D eigenvalue weighted by Gasteiger charge is 2.50. The Hall–Kier alpha value is -3.55. The van der Waals surface area contributed by atoms with E-state index in [4.69, 9.17) is 4.74 Å². The molecule has 0 unspecified atom stereocenters. The highest BCUT2D eigenvalue weighted by molar-refractivity contribution is 5.91. The highest BCUT2D eigenvalue weighted by atomic mass is 16.6. The maximum atomic E-state index is 12.9. The average molecular weight is 591 g/mol. The molecule has 0 radical (unpaired) electrons. The maximum Gasteiger partial charge on any atom is 0.338 e. The van der Waals surface area contributed by atoms with Crippen LogP contribution in [-0.2, 0) is 4.74 Å². The van der Waals surface area contributed by atoms with Gasteiger partial charge in [0.05, 0.1) is 21.5 Å². The molecule has 8 heteroatoms. The maximum absolute atomic E-state index is 12.9. The average Bonchev–Trinajstić information content (AvgIpc) is 3.33. The van der Waals surface area contributed by atoms with Gasteiger partial charge in [0, 0.05) is 18.6 Å². The lowest BCUT2D eigenvalue weighted by atomic mass is 9.61. The highest BCUT2D eigenvalue weighted by Crippen LogP contribution is 2.59. The van der Waals surface area contributed by atoms with Gasteiger partial charge >= 0.3 is 5.97 Å². The predicted octanol–water partition coefficient (Wildman–Crippen LogP) is 9.32. The normalized spacial score (nSPS) is 29.2. The smallest absolute Gasteiger partial charge is 0.338 e. The number of non-ortho nitro benzene ring substituents is 2. The Labute approximate surface area is 255 Å². The van der Waals surface area contributed by atoms with Gasteiger partial charge < -0.3 is 4.74 Å². The molecular weight excluding hydrogens is 544 g/mol. The van der Waals surface area contributed by atoms with Crippen LogP contribution in [-0.4, -0.2) is 21.9 Å². The lowest BCUT2D eigenvalue weighted by Crippen LogP contribution is -2.35. The van der Waals surface area contributed by atoms with Crippen molar-refractivity contribution in [3.8, 4) is 0 Å². The van der Waals surface area contributed by atoms with Crippen molar-refractivity contribution in [3.63, 3.8) is 0 Å². The first kappa shape index (κ1) is 32.4. The summed E-state index contributed by atoms with van der Waals surface area (Å²) in [6.45, 7) is 16.0. The Kier molecular flexibility index (Phi) is 10.1. The van der Waals surface area contributed by atoms with Crippen LogP contribution in [0, 0.1) is 55.2 Å². The van der Waals surface area contributed by atoms with Crippen molar-refractivity contribution in [1.82, 2.24) is 0 Å². The topological polar surface area (TPSA) is 113 Å². The van der Waals surface area contributed by atoms with Crippen molar-refractivity contribution < 1.29 is 19.4 Å². The second-order valence-corrected chi connectivity index (χ2v) is 13.5. The number of hydrogen-bond acceptors (Lipinski definition) is 6. The Bertz CT molecular complexity index is 1330. The first-order chi connectivity index (χ1) is 20.3. The van der Waals surface area contributed by atoms with E-state index in [2.05, 4.69) is 65.5 Å². The van der Waals surface area contributed by atoms with Crippen molar-refractivity contribution in [1.29, 1.82) is 0 Å². The van der Waals surface area contributed by atoms with E-state index in [1.165, 1.54) is 31.3 Å². The van der Waals surface area contributed by atoms with Gasteiger partial charge in [-0.05, 0) is 85.5 Å². The Balaban J connectivity index is 1.47. The third-order valence-corrected chi connectivity index (χ3v) is 10.4. The fourth-order valence-electron chi connectivity index (χ4n) is 7.47. The van der Waals surface area contributed by atoms with Crippen LogP contribution in [0.1, 0.15) is 96.3 Å². The summed E-state index contributed by atoms with van der Waals surface area (Å²) in [6.07, 6.45) is 16.6. The van der Waals surface area contributed by atoms with E-state index in [9.17, 15) is 25.0 Å². The molecule has 1 aromatic carbocycles. The molecule has 0 N–H and O–H groups in total. The first-order valence-corrected chi connectivity index (χ1v) is 15.7. The zero-order valence-electron chi connectivity index (χ0n) is 26.2. The third kappa shape index (κ3) is 7.34. The fourth-order valence-corrected chi connectivity index (χ4v) is 7.47. The van der Waals surface area contributed by atoms with Gasteiger partial charge in [0.25, 0.3) is 11.4 Å². The van der Waals surface area contributed by atoms with E-state index in [0.29, 0.717) is 48.9 Å². The first-order valence-electron chi connectivity index (χ1n) is 15.7. The number of nitro groups is 2. The van der Waals surface area contributed by atoms with Crippen LogP contribution in [0.4, 0.5) is 11.4 Å². The van der Waals surface area contributed by atoms with E-state index in [1.54, 1.807) is 0 Å². The van der Waals surface area contributed by atoms with Gasteiger partial charge in [-0.1, -0.05) is 76.6 Å². The van der Waals surface area contributed by atoms with Crippen LogP contribution in [0.15, 0.2) is 65.8 Å². The molecule has 0 amide bonds. The summed E-state index contributed by atoms with van der Waals surface area (Å²) in [5.74, 6) is 2.21. The summed E-state index contributed by atoms with van der Waals surface area (Å²) in [5.41, 5.74) is 2.63. The molecule has 0 aromatic heterocycles. The Morgan fingerprint density at radius 2 is 1.67 bits per heavy atom. The quantitative estimate of drug-likeness (QED) is 0.123. The number of nitrogens with zero attached hydrogens (tertiary/aromatic N) is 2. The molecule has 3 fully saturated rings. The minimum absolute atomic E-state index is 0.196. The van der Waals surface area contributed by atoms with Crippen LogP contribution in [0.25, 0.3) is 0 Å². The number of esters is 1. The molecule has 3 aliphatic carbocycles. The van der Waals surface area contributed by atoms with Crippen molar-refractivity contribution >= 4 is 17.3 Å². The van der Waals surface area contributed by atoms with Crippen LogP contribution in [0.5, 0.6) is 0 Å². The van der Waals surface area contributed by atoms with Gasteiger partial charge in [0.1, 0.15) is 6.10 Å². The number of nitro benzene ring substituents is 2. The standard InChI is InChI=1S/C35H46N2O6/c1-22(2)23(3)9-10-25(5)32-15-16-33-26(8-7-17-35(32,33)6)12-13-27-20-31(14-11-24(27)4)43-34(38)28-18-29(36(39)40)21-30(19-28)37(41)42/h9-10,12-13,18-19,21-23,25,31-33H,4,7-8,11,14-17,20H2,1-3,5-6H3/b10-9+,26-12+,27-13+/t23-,25+,31-,32+,33+,35-/m0/s1. The molecule has 0 spiro atoms. The number of ether oxygens (including phenoxy) is 1. The van der Waals surface area contributed by atoms with Gasteiger partial charge in [-0.2, -0.15) is 0 Å². The van der Waals surface area contributed by atoms with Crippen molar-refractivity contribution in [2.45, 2.75) is 92.1 Å². The molecule has 6 atom stereocenters. The third-order valence-electron chi connectivity index (χ3n) is 10.4. The molecule has 3 aliphatic rings. The van der Waals surface area contributed by atoms with Crippen molar-refractivity contribution in [3.05, 3.63) is 91.6 Å². The van der Waals surface area contributed by atoms with E-state index in [-0.39, 0.29) is 11.0 Å². The molecule has 0 saturated heterocycles. The summed E-state index contributed by atoms with van der Waals surface area (Å²) in [4.78, 5) is 33.9. The molecule has 4 rings (SSSR count). The molecule has 3 saturated carbocycles. The van der Waals surface area contributed by atoms with Gasteiger partial charge in [0.2, 0.25) is 0 Å². The molecule has 0 aliphatic heterocycles. The molecular formula is C35H46N2O6. The van der Waals surface area contributed by atoms with Crippen LogP contribution in [0.2, 0.25) is 0 Å². The summed E-state index contributed by atoms with van der Waals surface area (Å²) in [5, 5.41) is 22.5. The molecule has 0 heterocycles. The lowest BCUT2D eigenvalue weighted by Gasteiger charge is -2.44. The molecule has 43 heavy (non-hydrogen) atoms. The number of carbonyl (C=O) groups is 1. The number of carbonyl (C=O) groups excluding carboxylic acids is 1. The van der Waals surface area contributed by atoms with Gasteiger partial charge in [-0.25, -0.2) is 4.79 Å². The van der Waals surface area contributed by atoms with Crippen LogP contribution < -0.4 is 0 Å². The molecule has 232 valence electrons. The van der Waals surface area contributed by atoms with E-state index >= 15 is 0 Å². The minimum atomic E-state index is -0.798. The lowest BCUT2D eigenvalue weighted by molar-refractivity contribution is -0.394. The molecule has 1 aromatic rings. The van der Waals surface area contributed by atoms with E-state index in [0.717, 1.165) is 35.8 Å². The summed E-state index contributed by atoms with van der Waals surface area (Å²) in [6, 6.07) is 2.88. The summed E-state index contributed by atoms with van der Waals surface area (Å²) in [7, 11) is 0. The van der Waals surface area contributed by atoms with Gasteiger partial charge in [-0.3, -0.25) is 20.2 Å². The second kappa shape index (κ2) is 13.4. The number of hydrogen-bond donors (Lipinski definition) is 0. The molecule has 0 bridgehead atoms. The summed E-state index contributed by atoms with van der Waals surface area (Å²) < 4.78 is 5.70. The van der Waals surface area contributed by atoms with Crippen LogP contribution in [0.3, 0.4) is 0 Å². The predicted molar refractivity (Wildman–Crippen MR) is 169 cm³/mol. The van der Waals surface area contributed by atoms with Gasteiger partial charge in [0.15, 0.2) is 0 Å². The van der Waals surface area contributed by atoms with Crippen molar-refractivity contribution in [2.75, 3.05) is 0 Å². The Morgan fingerprint density at radius 3 is 2.30 bits per heavy atom. The Morgan fingerprint density at radius 1 is 1.00 bits per heavy atom. The van der Waals surface area contributed by atoms with E-state index < -0.39 is 33.3 Å². The second-order valence-electron chi connectivity index (χ2n) is 13.5.